The maximum atomic E-state index is 11.5. The third kappa shape index (κ3) is 1.73. The molecule has 1 amide bonds. The number of aromatic nitrogens is 2. The van der Waals surface area contributed by atoms with Crippen molar-refractivity contribution in [3.8, 4) is 0 Å². The van der Waals surface area contributed by atoms with Crippen LogP contribution in [0.3, 0.4) is 0 Å². The lowest BCUT2D eigenvalue weighted by Gasteiger charge is -2.11. The highest BCUT2D eigenvalue weighted by Crippen LogP contribution is 2.27. The van der Waals surface area contributed by atoms with Gasteiger partial charge in [0.25, 0.3) is 0 Å². The largest absolute Gasteiger partial charge is 0.301 e. The van der Waals surface area contributed by atoms with Crippen LogP contribution in [-0.2, 0) is 4.79 Å². The highest BCUT2D eigenvalue weighted by molar-refractivity contribution is 9.09. The van der Waals surface area contributed by atoms with Gasteiger partial charge in [-0.3, -0.25) is 4.79 Å². The number of anilines is 1. The van der Waals surface area contributed by atoms with Crippen LogP contribution < -0.4 is 4.90 Å². The Bertz CT molecular complexity index is 303. The molecule has 0 aliphatic carbocycles. The predicted octanol–water partition coefficient (Wildman–Crippen LogP) is 1.29. The molecule has 1 unspecified atom stereocenters. The highest BCUT2D eigenvalue weighted by Gasteiger charge is 2.30. The van der Waals surface area contributed by atoms with E-state index >= 15 is 0 Å². The second-order valence-corrected chi connectivity index (χ2v) is 4.40. The Hall–Kier alpha value is -0.490. The zero-order valence-electron chi connectivity index (χ0n) is 6.81. The van der Waals surface area contributed by atoms with Gasteiger partial charge in [0.05, 0.1) is 6.20 Å². The summed E-state index contributed by atoms with van der Waals surface area (Å²) in [5, 5.41) is 5.45. The van der Waals surface area contributed by atoms with Gasteiger partial charge in [-0.25, -0.2) is 0 Å². The van der Waals surface area contributed by atoms with Crippen LogP contribution in [0, 0.1) is 5.92 Å². The van der Waals surface area contributed by atoms with Crippen molar-refractivity contribution in [1.82, 2.24) is 9.59 Å². The van der Waals surface area contributed by atoms with Crippen LogP contribution in [-0.4, -0.2) is 27.4 Å². The molecule has 0 radical (unpaired) electrons. The molecule has 1 atom stereocenters. The van der Waals surface area contributed by atoms with Crippen molar-refractivity contribution in [3.05, 3.63) is 6.20 Å². The molecule has 2 rings (SSSR count). The molecule has 70 valence electrons. The summed E-state index contributed by atoms with van der Waals surface area (Å²) in [5.74, 6) is 0.602. The lowest BCUT2D eigenvalue weighted by Crippen LogP contribution is -2.23. The Morgan fingerprint density at radius 2 is 2.62 bits per heavy atom. The summed E-state index contributed by atoms with van der Waals surface area (Å²) >= 11 is 4.65. The molecule has 1 aliphatic rings. The van der Waals surface area contributed by atoms with E-state index in [1.54, 1.807) is 11.1 Å². The van der Waals surface area contributed by atoms with E-state index in [0.717, 1.165) is 16.9 Å². The average Bonchev–Trinajstić information content (AvgIpc) is 2.72. The number of nitrogens with zero attached hydrogens (tertiary/aromatic N) is 3. The zero-order chi connectivity index (χ0) is 9.26. The summed E-state index contributed by atoms with van der Waals surface area (Å²) in [7, 11) is 0. The Morgan fingerprint density at radius 1 is 1.77 bits per heavy atom. The van der Waals surface area contributed by atoms with E-state index in [1.165, 1.54) is 11.5 Å². The van der Waals surface area contributed by atoms with Gasteiger partial charge in [0.2, 0.25) is 5.91 Å². The topological polar surface area (TPSA) is 46.1 Å². The van der Waals surface area contributed by atoms with Crippen LogP contribution in [0.25, 0.3) is 0 Å². The van der Waals surface area contributed by atoms with Crippen LogP contribution in [0.1, 0.15) is 6.42 Å². The molecule has 0 N–H and O–H groups in total. The normalized spacial score (nSPS) is 22.7. The molecule has 2 heterocycles. The summed E-state index contributed by atoms with van der Waals surface area (Å²) in [6.45, 7) is 0.786. The number of amides is 1. The van der Waals surface area contributed by atoms with E-state index in [-0.39, 0.29) is 5.91 Å². The molecule has 6 heteroatoms. The first kappa shape index (κ1) is 9.08. The van der Waals surface area contributed by atoms with Crippen molar-refractivity contribution in [1.29, 1.82) is 0 Å². The molecular formula is C7H8BrN3OS. The second-order valence-electron chi connectivity index (χ2n) is 2.98. The Kier molecular flexibility index (Phi) is 2.59. The number of alkyl halides is 1. The number of hydrogen-bond acceptors (Lipinski definition) is 4. The molecule has 0 saturated carbocycles. The molecule has 1 aromatic rings. The molecule has 0 bridgehead atoms. The summed E-state index contributed by atoms with van der Waals surface area (Å²) < 4.78 is 3.74. The minimum Gasteiger partial charge on any atom is -0.301 e. The predicted molar refractivity (Wildman–Crippen MR) is 54.2 cm³/mol. The van der Waals surface area contributed by atoms with Crippen LogP contribution in [0.2, 0.25) is 0 Å². The summed E-state index contributed by atoms with van der Waals surface area (Å²) in [6, 6.07) is 0. The number of rotatable bonds is 2. The smallest absolute Gasteiger partial charge is 0.228 e. The van der Waals surface area contributed by atoms with E-state index in [2.05, 4.69) is 25.5 Å². The van der Waals surface area contributed by atoms with Crippen LogP contribution in [0.15, 0.2) is 6.20 Å². The Balaban J connectivity index is 2.14. The third-order valence-electron chi connectivity index (χ3n) is 2.04. The third-order valence-corrected chi connectivity index (χ3v) is 3.64. The Morgan fingerprint density at radius 3 is 3.15 bits per heavy atom. The monoisotopic (exact) mass is 261 g/mol. The number of carbonyl (C=O) groups is 1. The second kappa shape index (κ2) is 3.71. The van der Waals surface area contributed by atoms with Crippen LogP contribution >= 0.6 is 27.5 Å². The SMILES string of the molecule is O=C1CC(CBr)CN1c1cnns1. The van der Waals surface area contributed by atoms with Gasteiger partial charge in [-0.15, -0.1) is 5.10 Å². The first-order valence-corrected chi connectivity index (χ1v) is 5.84. The fourth-order valence-corrected chi connectivity index (χ4v) is 2.36. The van der Waals surface area contributed by atoms with Gasteiger partial charge < -0.3 is 4.90 Å². The molecule has 1 fully saturated rings. The first-order valence-electron chi connectivity index (χ1n) is 3.95. The average molecular weight is 262 g/mol. The van der Waals surface area contributed by atoms with Gasteiger partial charge in [-0.05, 0) is 5.92 Å². The van der Waals surface area contributed by atoms with E-state index in [4.69, 9.17) is 0 Å². The van der Waals surface area contributed by atoms with Gasteiger partial charge >= 0.3 is 0 Å². The van der Waals surface area contributed by atoms with Gasteiger partial charge in [-0.2, -0.15) is 0 Å². The lowest BCUT2D eigenvalue weighted by atomic mass is 10.2. The molecule has 0 aromatic carbocycles. The summed E-state index contributed by atoms with van der Waals surface area (Å²) in [6.07, 6.45) is 2.27. The van der Waals surface area contributed by atoms with Gasteiger partial charge in [-0.1, -0.05) is 20.4 Å². The number of hydrogen-bond donors (Lipinski definition) is 0. The minimum absolute atomic E-state index is 0.176. The lowest BCUT2D eigenvalue weighted by molar-refractivity contribution is -0.117. The fourth-order valence-electron chi connectivity index (χ4n) is 1.38. The highest BCUT2D eigenvalue weighted by atomic mass is 79.9. The first-order chi connectivity index (χ1) is 6.31. The molecule has 1 saturated heterocycles. The molecular weight excluding hydrogens is 254 g/mol. The van der Waals surface area contributed by atoms with E-state index in [1.807, 2.05) is 0 Å². The van der Waals surface area contributed by atoms with Crippen molar-refractivity contribution in [2.24, 2.45) is 5.92 Å². The van der Waals surface area contributed by atoms with E-state index in [0.29, 0.717) is 12.3 Å². The van der Waals surface area contributed by atoms with E-state index < -0.39 is 0 Å². The van der Waals surface area contributed by atoms with E-state index in [9.17, 15) is 4.79 Å². The Labute approximate surface area is 88.2 Å². The zero-order valence-corrected chi connectivity index (χ0v) is 9.21. The van der Waals surface area contributed by atoms with Crippen LogP contribution in [0.4, 0.5) is 5.00 Å². The minimum atomic E-state index is 0.176. The molecule has 0 spiro atoms. The molecule has 13 heavy (non-hydrogen) atoms. The van der Waals surface area contributed by atoms with Crippen molar-refractivity contribution < 1.29 is 4.79 Å². The van der Waals surface area contributed by atoms with Crippen molar-refractivity contribution in [3.63, 3.8) is 0 Å². The van der Waals surface area contributed by atoms with Gasteiger partial charge in [0, 0.05) is 29.8 Å². The molecule has 1 aromatic heterocycles. The quantitative estimate of drug-likeness (QED) is 0.754. The number of halogens is 1. The summed E-state index contributed by atoms with van der Waals surface area (Å²) in [5.41, 5.74) is 0. The van der Waals surface area contributed by atoms with Crippen molar-refractivity contribution in [2.45, 2.75) is 6.42 Å². The van der Waals surface area contributed by atoms with Crippen LogP contribution in [0.5, 0.6) is 0 Å². The maximum absolute atomic E-state index is 11.5. The maximum Gasteiger partial charge on any atom is 0.228 e. The van der Waals surface area contributed by atoms with Gasteiger partial charge in [0.15, 0.2) is 0 Å². The van der Waals surface area contributed by atoms with Crippen molar-refractivity contribution in [2.75, 3.05) is 16.8 Å². The standard InChI is InChI=1S/C7H8BrN3OS/c8-2-5-1-6(12)11(4-5)7-3-9-10-13-7/h3,5H,1-2,4H2. The summed E-state index contributed by atoms with van der Waals surface area (Å²) in [4.78, 5) is 13.3. The van der Waals surface area contributed by atoms with Gasteiger partial charge in [0.1, 0.15) is 5.00 Å². The fraction of sp³-hybridized carbons (Fsp3) is 0.571. The molecule has 4 nitrogen and oxygen atoms in total. The molecule has 1 aliphatic heterocycles. The number of carbonyl (C=O) groups excluding carboxylic acids is 1. The van der Waals surface area contributed by atoms with Crippen molar-refractivity contribution >= 4 is 38.4 Å².